The maximum absolute atomic E-state index is 12.6. The van der Waals surface area contributed by atoms with E-state index >= 15 is 0 Å². The molecule has 20 heavy (non-hydrogen) atoms. The molecule has 0 aliphatic rings. The van der Waals surface area contributed by atoms with E-state index in [4.69, 9.17) is 4.74 Å². The van der Waals surface area contributed by atoms with Crippen LogP contribution in [0.2, 0.25) is 0 Å². The fourth-order valence-electron chi connectivity index (χ4n) is 2.00. The van der Waals surface area contributed by atoms with Gasteiger partial charge in [0.25, 0.3) is 10.0 Å². The van der Waals surface area contributed by atoms with E-state index in [9.17, 15) is 8.42 Å². The predicted molar refractivity (Wildman–Crippen MR) is 75.3 cm³/mol. The van der Waals surface area contributed by atoms with Gasteiger partial charge in [0.15, 0.2) is 5.65 Å². The van der Waals surface area contributed by atoms with Crippen molar-refractivity contribution in [2.45, 2.75) is 4.90 Å². The van der Waals surface area contributed by atoms with Crippen molar-refractivity contribution in [2.75, 3.05) is 7.11 Å². The SMILES string of the molecule is COc1ccc(S(=O)(=O)n2ccc3cccnc32)cc1. The maximum atomic E-state index is 12.6. The Bertz CT molecular complexity index is 852. The fraction of sp³-hybridized carbons (Fsp3) is 0.0714. The molecule has 0 amide bonds. The third kappa shape index (κ3) is 1.94. The second-order valence-corrected chi connectivity index (χ2v) is 6.02. The number of nitrogens with zero attached hydrogens (tertiary/aromatic N) is 2. The number of aromatic nitrogens is 2. The summed E-state index contributed by atoms with van der Waals surface area (Å²) in [6.07, 6.45) is 3.08. The topological polar surface area (TPSA) is 61.2 Å². The summed E-state index contributed by atoms with van der Waals surface area (Å²) in [6, 6.07) is 11.6. The van der Waals surface area contributed by atoms with Crippen LogP contribution in [0.15, 0.2) is 59.8 Å². The lowest BCUT2D eigenvalue weighted by atomic mass is 10.3. The highest BCUT2D eigenvalue weighted by molar-refractivity contribution is 7.90. The number of methoxy groups -OCH3 is 1. The number of fused-ring (bicyclic) bond motifs is 1. The summed E-state index contributed by atoms with van der Waals surface area (Å²) in [7, 11) is -2.11. The largest absolute Gasteiger partial charge is 0.497 e. The van der Waals surface area contributed by atoms with Gasteiger partial charge in [-0.3, -0.25) is 0 Å². The molecule has 0 aliphatic heterocycles. The summed E-state index contributed by atoms with van der Waals surface area (Å²) in [4.78, 5) is 4.32. The minimum Gasteiger partial charge on any atom is -0.497 e. The number of hydrogen-bond donors (Lipinski definition) is 0. The number of rotatable bonds is 3. The Balaban J connectivity index is 2.15. The van der Waals surface area contributed by atoms with Crippen LogP contribution in [0.25, 0.3) is 11.0 Å². The molecule has 0 aliphatic carbocycles. The van der Waals surface area contributed by atoms with Crippen molar-refractivity contribution in [3.8, 4) is 5.75 Å². The van der Waals surface area contributed by atoms with Crippen molar-refractivity contribution in [1.29, 1.82) is 0 Å². The van der Waals surface area contributed by atoms with E-state index in [2.05, 4.69) is 4.98 Å². The van der Waals surface area contributed by atoms with Crippen molar-refractivity contribution in [3.05, 3.63) is 54.9 Å². The lowest BCUT2D eigenvalue weighted by molar-refractivity contribution is 0.414. The van der Waals surface area contributed by atoms with Gasteiger partial charge in [-0.2, -0.15) is 0 Å². The van der Waals surface area contributed by atoms with Crippen LogP contribution >= 0.6 is 0 Å². The normalized spacial score (nSPS) is 11.7. The Morgan fingerprint density at radius 3 is 2.55 bits per heavy atom. The quantitative estimate of drug-likeness (QED) is 0.742. The third-order valence-electron chi connectivity index (χ3n) is 3.03. The lowest BCUT2D eigenvalue weighted by Crippen LogP contribution is -2.12. The van der Waals surface area contributed by atoms with E-state index < -0.39 is 10.0 Å². The molecular formula is C14H12N2O3S. The van der Waals surface area contributed by atoms with Gasteiger partial charge in [0.1, 0.15) is 5.75 Å². The molecule has 6 heteroatoms. The van der Waals surface area contributed by atoms with Crippen molar-refractivity contribution in [2.24, 2.45) is 0 Å². The van der Waals surface area contributed by atoms with E-state index in [0.717, 1.165) is 5.39 Å². The van der Waals surface area contributed by atoms with Crippen molar-refractivity contribution in [1.82, 2.24) is 8.96 Å². The number of ether oxygens (including phenoxy) is 1. The highest BCUT2D eigenvalue weighted by atomic mass is 32.2. The van der Waals surface area contributed by atoms with Crippen LogP contribution in [0.3, 0.4) is 0 Å². The van der Waals surface area contributed by atoms with Gasteiger partial charge in [0.05, 0.1) is 12.0 Å². The predicted octanol–water partition coefficient (Wildman–Crippen LogP) is 2.28. The summed E-state index contributed by atoms with van der Waals surface area (Å²) in [6.45, 7) is 0. The van der Waals surface area contributed by atoms with E-state index in [0.29, 0.717) is 11.4 Å². The molecule has 3 aromatic rings. The van der Waals surface area contributed by atoms with Gasteiger partial charge in [0.2, 0.25) is 0 Å². The molecule has 0 bridgehead atoms. The number of benzene rings is 1. The van der Waals surface area contributed by atoms with Crippen LogP contribution in [0, 0.1) is 0 Å². The van der Waals surface area contributed by atoms with E-state index in [1.165, 1.54) is 29.4 Å². The van der Waals surface area contributed by atoms with Crippen LogP contribution in [-0.2, 0) is 10.0 Å². The molecule has 5 nitrogen and oxygen atoms in total. The zero-order valence-corrected chi connectivity index (χ0v) is 11.5. The summed E-state index contributed by atoms with van der Waals surface area (Å²) in [5.74, 6) is 0.611. The standard InChI is InChI=1S/C14H12N2O3S/c1-19-12-4-6-13(7-5-12)20(17,18)16-10-8-11-3-2-9-15-14(11)16/h2-10H,1H3. The molecular weight excluding hydrogens is 276 g/mol. The van der Waals surface area contributed by atoms with E-state index in [1.54, 1.807) is 30.5 Å². The first-order valence-electron chi connectivity index (χ1n) is 5.94. The Kier molecular flexibility index (Phi) is 2.94. The van der Waals surface area contributed by atoms with Crippen LogP contribution in [0.4, 0.5) is 0 Å². The molecule has 0 unspecified atom stereocenters. The summed E-state index contributed by atoms with van der Waals surface area (Å²) < 4.78 is 31.4. The zero-order valence-electron chi connectivity index (χ0n) is 10.7. The Morgan fingerprint density at radius 2 is 1.85 bits per heavy atom. The maximum Gasteiger partial charge on any atom is 0.269 e. The first kappa shape index (κ1) is 12.7. The Morgan fingerprint density at radius 1 is 1.10 bits per heavy atom. The van der Waals surface area contributed by atoms with Gasteiger partial charge < -0.3 is 4.74 Å². The molecule has 0 N–H and O–H groups in total. The van der Waals surface area contributed by atoms with Crippen LogP contribution in [0.5, 0.6) is 5.75 Å². The average molecular weight is 288 g/mol. The molecule has 0 fully saturated rings. The van der Waals surface area contributed by atoms with Crippen molar-refractivity contribution < 1.29 is 13.2 Å². The van der Waals surface area contributed by atoms with E-state index in [-0.39, 0.29) is 4.90 Å². The van der Waals surface area contributed by atoms with Crippen LogP contribution in [-0.4, -0.2) is 24.5 Å². The van der Waals surface area contributed by atoms with Gasteiger partial charge in [-0.05, 0) is 42.5 Å². The molecule has 0 atom stereocenters. The molecule has 0 saturated heterocycles. The molecule has 1 aromatic carbocycles. The van der Waals surface area contributed by atoms with Gasteiger partial charge in [-0.15, -0.1) is 0 Å². The number of pyridine rings is 1. The van der Waals surface area contributed by atoms with Gasteiger partial charge >= 0.3 is 0 Å². The lowest BCUT2D eigenvalue weighted by Gasteiger charge is -2.07. The highest BCUT2D eigenvalue weighted by Gasteiger charge is 2.19. The minimum atomic E-state index is -3.65. The molecule has 0 saturated carbocycles. The summed E-state index contributed by atoms with van der Waals surface area (Å²) in [5.41, 5.74) is 0.420. The van der Waals surface area contributed by atoms with E-state index in [1.807, 2.05) is 6.07 Å². The second kappa shape index (κ2) is 4.64. The minimum absolute atomic E-state index is 0.196. The first-order valence-corrected chi connectivity index (χ1v) is 7.38. The first-order chi connectivity index (χ1) is 9.63. The molecule has 2 aromatic heterocycles. The van der Waals surface area contributed by atoms with Crippen molar-refractivity contribution >= 4 is 21.1 Å². The average Bonchev–Trinajstić information content (AvgIpc) is 2.92. The third-order valence-corrected chi connectivity index (χ3v) is 4.71. The molecule has 102 valence electrons. The van der Waals surface area contributed by atoms with Crippen molar-refractivity contribution in [3.63, 3.8) is 0 Å². The smallest absolute Gasteiger partial charge is 0.269 e. The molecule has 3 rings (SSSR count). The number of hydrogen-bond acceptors (Lipinski definition) is 4. The summed E-state index contributed by atoms with van der Waals surface area (Å²) >= 11 is 0. The molecule has 0 spiro atoms. The summed E-state index contributed by atoms with van der Waals surface area (Å²) in [5, 5.41) is 0.782. The fourth-order valence-corrected chi connectivity index (χ4v) is 3.31. The Hall–Kier alpha value is -2.34. The van der Waals surface area contributed by atoms with Gasteiger partial charge in [-0.25, -0.2) is 17.4 Å². The van der Waals surface area contributed by atoms with Gasteiger partial charge in [0, 0.05) is 17.8 Å². The van der Waals surface area contributed by atoms with Gasteiger partial charge in [-0.1, -0.05) is 0 Å². The monoisotopic (exact) mass is 288 g/mol. The van der Waals surface area contributed by atoms with Crippen LogP contribution < -0.4 is 4.74 Å². The molecule has 2 heterocycles. The highest BCUT2D eigenvalue weighted by Crippen LogP contribution is 2.22. The second-order valence-electron chi connectivity index (χ2n) is 4.21. The van der Waals surface area contributed by atoms with Crippen LogP contribution in [0.1, 0.15) is 0 Å². The zero-order chi connectivity index (χ0) is 14.2. The Labute approximate surface area is 116 Å². The molecule has 0 radical (unpaired) electrons.